The van der Waals surface area contributed by atoms with Gasteiger partial charge in [-0.2, -0.15) is 4.98 Å². The normalized spacial score (nSPS) is 17.3. The molecule has 0 aliphatic carbocycles. The van der Waals surface area contributed by atoms with Crippen molar-refractivity contribution < 1.29 is 14.1 Å². The largest absolute Gasteiger partial charge is 0.378 e. The first kappa shape index (κ1) is 16.7. The molecule has 0 amide bonds. The maximum absolute atomic E-state index is 13.0. The van der Waals surface area contributed by atoms with Gasteiger partial charge in [0.1, 0.15) is 12.0 Å². The Morgan fingerprint density at radius 1 is 1.36 bits per heavy atom. The second-order valence-electron chi connectivity index (χ2n) is 5.85. The number of nitro groups is 1. The van der Waals surface area contributed by atoms with E-state index in [2.05, 4.69) is 9.97 Å². The lowest BCUT2D eigenvalue weighted by molar-refractivity contribution is -0.384. The Morgan fingerprint density at radius 2 is 2.08 bits per heavy atom. The van der Waals surface area contributed by atoms with E-state index in [1.807, 2.05) is 0 Å². The molecular formula is C16H16FN5O3. The highest BCUT2D eigenvalue weighted by Crippen LogP contribution is 2.26. The zero-order valence-electron chi connectivity index (χ0n) is 13.3. The topological polar surface area (TPSA) is 115 Å². The number of Topliss-reactive ketones (excluding diaryl/α,β-unsaturated/α-hetero) is 1. The van der Waals surface area contributed by atoms with E-state index in [1.54, 1.807) is 4.90 Å². The van der Waals surface area contributed by atoms with Crippen molar-refractivity contribution >= 4 is 23.2 Å². The van der Waals surface area contributed by atoms with Crippen LogP contribution in [0.1, 0.15) is 23.2 Å². The van der Waals surface area contributed by atoms with Crippen LogP contribution in [-0.2, 0) is 0 Å². The highest BCUT2D eigenvalue weighted by atomic mass is 19.1. The zero-order chi connectivity index (χ0) is 18.0. The highest BCUT2D eigenvalue weighted by molar-refractivity contribution is 5.98. The zero-order valence-corrected chi connectivity index (χ0v) is 13.3. The summed E-state index contributed by atoms with van der Waals surface area (Å²) in [6.45, 7) is 1.01. The summed E-state index contributed by atoms with van der Waals surface area (Å²) in [6.07, 6.45) is 2.52. The lowest BCUT2D eigenvalue weighted by atomic mass is 9.90. The minimum atomic E-state index is -0.643. The van der Waals surface area contributed by atoms with Crippen LogP contribution in [0, 0.1) is 21.8 Å². The molecule has 0 saturated carbocycles. The number of rotatable bonds is 4. The van der Waals surface area contributed by atoms with Gasteiger partial charge in [-0.05, 0) is 37.1 Å². The fraction of sp³-hybridized carbons (Fsp3) is 0.312. The van der Waals surface area contributed by atoms with Crippen LogP contribution in [0.5, 0.6) is 0 Å². The number of piperidine rings is 1. The number of nitrogens with zero attached hydrogens (tertiary/aromatic N) is 4. The van der Waals surface area contributed by atoms with E-state index in [-0.39, 0.29) is 29.2 Å². The smallest absolute Gasteiger partial charge is 0.329 e. The van der Waals surface area contributed by atoms with Crippen molar-refractivity contribution in [3.8, 4) is 0 Å². The second kappa shape index (κ2) is 6.80. The average Bonchev–Trinajstić information content (AvgIpc) is 2.61. The van der Waals surface area contributed by atoms with Gasteiger partial charge in [-0.25, -0.2) is 9.37 Å². The second-order valence-corrected chi connectivity index (χ2v) is 5.85. The first-order valence-electron chi connectivity index (χ1n) is 7.77. The molecule has 0 radical (unpaired) electrons. The molecule has 25 heavy (non-hydrogen) atoms. The van der Waals surface area contributed by atoms with E-state index in [0.717, 1.165) is 12.6 Å². The fourth-order valence-electron chi connectivity index (χ4n) is 2.89. The summed E-state index contributed by atoms with van der Waals surface area (Å²) in [5, 5.41) is 10.8. The number of hydrogen-bond donors (Lipinski definition) is 1. The molecule has 1 fully saturated rings. The molecule has 2 aromatic rings. The van der Waals surface area contributed by atoms with Gasteiger partial charge in [0.15, 0.2) is 5.78 Å². The maximum atomic E-state index is 13.0. The number of carbonyl (C=O) groups is 1. The highest BCUT2D eigenvalue weighted by Gasteiger charge is 2.28. The monoisotopic (exact) mass is 345 g/mol. The molecule has 1 saturated heterocycles. The molecule has 1 atom stereocenters. The molecule has 0 unspecified atom stereocenters. The average molecular weight is 345 g/mol. The van der Waals surface area contributed by atoms with Crippen LogP contribution in [0.2, 0.25) is 0 Å². The van der Waals surface area contributed by atoms with Gasteiger partial charge < -0.3 is 10.6 Å². The van der Waals surface area contributed by atoms with Crippen LogP contribution in [0.25, 0.3) is 0 Å². The van der Waals surface area contributed by atoms with Crippen LogP contribution in [-0.4, -0.2) is 33.8 Å². The molecule has 1 aromatic heterocycles. The first-order valence-corrected chi connectivity index (χ1v) is 7.77. The molecule has 3 rings (SSSR count). The summed E-state index contributed by atoms with van der Waals surface area (Å²) >= 11 is 0. The van der Waals surface area contributed by atoms with Crippen molar-refractivity contribution in [2.45, 2.75) is 12.8 Å². The quantitative estimate of drug-likeness (QED) is 0.513. The Bertz CT molecular complexity index is 812. The molecular weight excluding hydrogens is 329 g/mol. The Labute approximate surface area is 142 Å². The first-order chi connectivity index (χ1) is 12.0. The molecule has 1 aromatic carbocycles. The summed E-state index contributed by atoms with van der Waals surface area (Å²) < 4.78 is 13.0. The number of nitrogens with two attached hydrogens (primary N) is 1. The molecule has 8 nitrogen and oxygen atoms in total. The standard InChI is InChI=1S/C16H16FN5O3/c17-12-5-3-10(4-6-12)14(23)11-2-1-7-21(9-11)16-19-8-13(22(24)25)15(18)20-16/h3-6,8,11H,1-2,7,9H2,(H2,18,19,20)/t11-/m1/s1. The Hall–Kier alpha value is -3.10. The van der Waals surface area contributed by atoms with Crippen LogP contribution in [0.3, 0.4) is 0 Å². The minimum Gasteiger partial charge on any atom is -0.378 e. The molecule has 0 bridgehead atoms. The van der Waals surface area contributed by atoms with Crippen LogP contribution >= 0.6 is 0 Å². The molecule has 0 spiro atoms. The number of nitrogen functional groups attached to an aromatic ring is 1. The molecule has 1 aliphatic rings. The number of halogens is 1. The van der Waals surface area contributed by atoms with Crippen molar-refractivity contribution in [2.24, 2.45) is 5.92 Å². The van der Waals surface area contributed by atoms with Crippen LogP contribution in [0.15, 0.2) is 30.5 Å². The number of aromatic nitrogens is 2. The van der Waals surface area contributed by atoms with Gasteiger partial charge in [-0.1, -0.05) is 0 Å². The van der Waals surface area contributed by atoms with Crippen molar-refractivity contribution in [2.75, 3.05) is 23.7 Å². The van der Waals surface area contributed by atoms with Gasteiger partial charge in [0, 0.05) is 24.6 Å². The third-order valence-corrected chi connectivity index (χ3v) is 4.19. The Balaban J connectivity index is 1.77. The molecule has 2 N–H and O–H groups in total. The van der Waals surface area contributed by atoms with E-state index >= 15 is 0 Å². The fourth-order valence-corrected chi connectivity index (χ4v) is 2.89. The van der Waals surface area contributed by atoms with E-state index in [9.17, 15) is 19.3 Å². The van der Waals surface area contributed by atoms with Crippen LogP contribution in [0.4, 0.5) is 21.8 Å². The SMILES string of the molecule is Nc1nc(N2CCC[C@@H](C(=O)c3ccc(F)cc3)C2)ncc1[N+](=O)[O-]. The van der Waals surface area contributed by atoms with Gasteiger partial charge in [0.05, 0.1) is 4.92 Å². The predicted octanol–water partition coefficient (Wildman–Crippen LogP) is 2.21. The summed E-state index contributed by atoms with van der Waals surface area (Å²) in [7, 11) is 0. The maximum Gasteiger partial charge on any atom is 0.329 e. The summed E-state index contributed by atoms with van der Waals surface area (Å²) in [5.41, 5.74) is 5.72. The summed E-state index contributed by atoms with van der Waals surface area (Å²) in [5.74, 6) is -0.683. The third-order valence-electron chi connectivity index (χ3n) is 4.19. The number of hydrogen-bond acceptors (Lipinski definition) is 7. The predicted molar refractivity (Wildman–Crippen MR) is 88.8 cm³/mol. The van der Waals surface area contributed by atoms with E-state index in [1.165, 1.54) is 24.3 Å². The lowest BCUT2D eigenvalue weighted by Crippen LogP contribution is -2.39. The summed E-state index contributed by atoms with van der Waals surface area (Å²) in [6, 6.07) is 5.45. The van der Waals surface area contributed by atoms with Gasteiger partial charge in [0.25, 0.3) is 0 Å². The third kappa shape index (κ3) is 3.54. The lowest BCUT2D eigenvalue weighted by Gasteiger charge is -2.32. The number of carbonyl (C=O) groups excluding carboxylic acids is 1. The Morgan fingerprint density at radius 3 is 2.72 bits per heavy atom. The van der Waals surface area contributed by atoms with Gasteiger partial charge >= 0.3 is 5.69 Å². The van der Waals surface area contributed by atoms with E-state index in [4.69, 9.17) is 5.73 Å². The van der Waals surface area contributed by atoms with Crippen molar-refractivity contribution in [3.05, 3.63) is 52.0 Å². The van der Waals surface area contributed by atoms with E-state index < -0.39 is 10.7 Å². The van der Waals surface area contributed by atoms with Gasteiger partial charge in [-0.15, -0.1) is 0 Å². The van der Waals surface area contributed by atoms with Gasteiger partial charge in [-0.3, -0.25) is 14.9 Å². The van der Waals surface area contributed by atoms with Gasteiger partial charge in [0.2, 0.25) is 11.8 Å². The van der Waals surface area contributed by atoms with Crippen molar-refractivity contribution in [3.63, 3.8) is 0 Å². The Kier molecular flexibility index (Phi) is 4.55. The number of benzene rings is 1. The van der Waals surface area contributed by atoms with Crippen molar-refractivity contribution in [1.82, 2.24) is 9.97 Å². The van der Waals surface area contributed by atoms with Crippen molar-refractivity contribution in [1.29, 1.82) is 0 Å². The molecule has 130 valence electrons. The van der Waals surface area contributed by atoms with E-state index in [0.29, 0.717) is 25.1 Å². The minimum absolute atomic E-state index is 0.0698. The molecule has 9 heteroatoms. The molecule has 1 aliphatic heterocycles. The summed E-state index contributed by atoms with van der Waals surface area (Å²) in [4.78, 5) is 32.5. The molecule has 2 heterocycles. The number of anilines is 2. The van der Waals surface area contributed by atoms with Crippen LogP contribution < -0.4 is 10.6 Å². The number of ketones is 1.